The second-order valence-electron chi connectivity index (χ2n) is 10.1. The van der Waals surface area contributed by atoms with Crippen molar-refractivity contribution in [1.82, 2.24) is 15.0 Å². The van der Waals surface area contributed by atoms with Gasteiger partial charge >= 0.3 is 6.01 Å². The Kier molecular flexibility index (Phi) is 8.19. The van der Waals surface area contributed by atoms with Crippen molar-refractivity contribution in [3.05, 3.63) is 35.2 Å². The average molecular weight is 521 g/mol. The highest BCUT2D eigenvalue weighted by Gasteiger charge is 2.43. The summed E-state index contributed by atoms with van der Waals surface area (Å²) < 4.78 is 50.5. The Balaban J connectivity index is 1.04. The number of amides is 1. The lowest BCUT2D eigenvalue weighted by molar-refractivity contribution is -0.134. The fraction of sp³-hybridized carbons (Fsp3) is 0.654. The van der Waals surface area contributed by atoms with Gasteiger partial charge in [-0.1, -0.05) is 5.16 Å². The number of piperidine rings is 1. The number of nitrogens with zero attached hydrogens (tertiary/aromatic N) is 4. The molecular formula is C26H34F2N4O5. The zero-order chi connectivity index (χ0) is 25.8. The van der Waals surface area contributed by atoms with Crippen molar-refractivity contribution in [2.75, 3.05) is 58.0 Å². The van der Waals surface area contributed by atoms with Crippen molar-refractivity contribution < 1.29 is 32.3 Å². The third-order valence-corrected chi connectivity index (χ3v) is 7.69. The van der Waals surface area contributed by atoms with Crippen LogP contribution in [0.25, 0.3) is 0 Å². The van der Waals surface area contributed by atoms with Crippen molar-refractivity contribution >= 4 is 11.9 Å². The second kappa shape index (κ2) is 11.7. The van der Waals surface area contributed by atoms with E-state index >= 15 is 0 Å². The number of halogens is 2. The molecule has 9 nitrogen and oxygen atoms in total. The Bertz CT molecular complexity index is 1050. The fourth-order valence-electron chi connectivity index (χ4n) is 5.50. The normalized spacial score (nSPS) is 22.4. The summed E-state index contributed by atoms with van der Waals surface area (Å²) in [7, 11) is 1.60. The molecule has 2 aromatic rings. The summed E-state index contributed by atoms with van der Waals surface area (Å²) in [6.07, 6.45) is 3.87. The van der Waals surface area contributed by atoms with Gasteiger partial charge in [0.25, 0.3) is 0 Å². The predicted octanol–water partition coefficient (Wildman–Crippen LogP) is 3.22. The number of hydrogen-bond acceptors (Lipinski definition) is 8. The van der Waals surface area contributed by atoms with Gasteiger partial charge in [-0.2, -0.15) is 4.98 Å². The van der Waals surface area contributed by atoms with Crippen molar-refractivity contribution in [3.63, 3.8) is 0 Å². The van der Waals surface area contributed by atoms with Crippen molar-refractivity contribution in [2.45, 2.75) is 38.7 Å². The highest BCUT2D eigenvalue weighted by Crippen LogP contribution is 2.50. The maximum Gasteiger partial charge on any atom is 0.324 e. The minimum absolute atomic E-state index is 0.162. The highest BCUT2D eigenvalue weighted by atomic mass is 19.1. The van der Waals surface area contributed by atoms with E-state index in [0.717, 1.165) is 38.8 Å². The molecule has 0 spiro atoms. The first-order valence-electron chi connectivity index (χ1n) is 13.0. The van der Waals surface area contributed by atoms with E-state index < -0.39 is 11.6 Å². The molecule has 3 aliphatic rings. The van der Waals surface area contributed by atoms with E-state index in [4.69, 9.17) is 18.7 Å². The first-order chi connectivity index (χ1) is 18.0. The van der Waals surface area contributed by atoms with Crippen LogP contribution < -0.4 is 9.64 Å². The molecule has 3 fully saturated rings. The zero-order valence-electron chi connectivity index (χ0n) is 21.2. The van der Waals surface area contributed by atoms with Gasteiger partial charge in [-0.25, -0.2) is 8.78 Å². The van der Waals surface area contributed by atoms with Gasteiger partial charge in [-0.3, -0.25) is 4.79 Å². The van der Waals surface area contributed by atoms with Crippen LogP contribution in [0.1, 0.15) is 37.1 Å². The molecule has 0 radical (unpaired) electrons. The number of hydrogen-bond donors (Lipinski definition) is 0. The van der Waals surface area contributed by atoms with E-state index in [9.17, 15) is 13.6 Å². The van der Waals surface area contributed by atoms with E-state index in [1.54, 1.807) is 12.0 Å². The predicted molar refractivity (Wildman–Crippen MR) is 129 cm³/mol. The van der Waals surface area contributed by atoms with Crippen LogP contribution in [0.5, 0.6) is 5.75 Å². The van der Waals surface area contributed by atoms with Gasteiger partial charge in [0.2, 0.25) is 5.91 Å². The summed E-state index contributed by atoms with van der Waals surface area (Å²) in [5.41, 5.74) is -0.215. The average Bonchev–Trinajstić information content (AvgIpc) is 3.53. The van der Waals surface area contributed by atoms with Crippen LogP contribution in [-0.4, -0.2) is 74.1 Å². The van der Waals surface area contributed by atoms with E-state index in [1.807, 2.05) is 0 Å². The summed E-state index contributed by atoms with van der Waals surface area (Å²) >= 11 is 0. The maximum atomic E-state index is 14.6. The molecule has 0 bridgehead atoms. The third-order valence-electron chi connectivity index (χ3n) is 7.69. The van der Waals surface area contributed by atoms with Crippen LogP contribution in [0.15, 0.2) is 16.7 Å². The Morgan fingerprint density at radius 1 is 1.14 bits per heavy atom. The zero-order valence-corrected chi connectivity index (χ0v) is 21.2. The van der Waals surface area contributed by atoms with E-state index in [2.05, 4.69) is 15.0 Å². The Morgan fingerprint density at radius 3 is 2.57 bits per heavy atom. The molecule has 1 amide bonds. The summed E-state index contributed by atoms with van der Waals surface area (Å²) in [6.45, 7) is 4.30. The highest BCUT2D eigenvalue weighted by molar-refractivity contribution is 5.79. The number of rotatable bonds is 10. The van der Waals surface area contributed by atoms with E-state index in [0.29, 0.717) is 69.1 Å². The van der Waals surface area contributed by atoms with Gasteiger partial charge < -0.3 is 28.5 Å². The lowest BCUT2D eigenvalue weighted by atomic mass is 9.90. The maximum absolute atomic E-state index is 14.6. The number of anilines is 1. The van der Waals surface area contributed by atoms with Gasteiger partial charge in [0.15, 0.2) is 5.82 Å². The van der Waals surface area contributed by atoms with Crippen molar-refractivity contribution in [1.29, 1.82) is 0 Å². The topological polar surface area (TPSA) is 90.2 Å². The molecule has 1 unspecified atom stereocenters. The molecule has 2 aliphatic heterocycles. The molecular weight excluding hydrogens is 486 g/mol. The molecule has 2 atom stereocenters. The van der Waals surface area contributed by atoms with Crippen LogP contribution in [-0.2, 0) is 27.3 Å². The first-order valence-corrected chi connectivity index (χ1v) is 13.0. The third kappa shape index (κ3) is 6.38. The molecule has 1 aliphatic carbocycles. The van der Waals surface area contributed by atoms with Crippen LogP contribution in [0.3, 0.4) is 0 Å². The number of aromatic nitrogens is 2. The molecule has 1 saturated carbocycles. The standard InChI is InChI=1S/C26H34F2N4O5/c1-34-16-24-29-26(37-30-24)32-5-2-17(3-6-32)20-12-18(20)4-9-36-19-13-22(27)21(23(28)14-19)15-25(33)31-7-10-35-11-8-31/h13-14,17-18,20H,2-12,15-16H2,1H3/t18-,20?/m1/s1. The number of ether oxygens (including phenoxy) is 3. The smallest absolute Gasteiger partial charge is 0.324 e. The quantitative estimate of drug-likeness (QED) is 0.472. The fourth-order valence-corrected chi connectivity index (χ4v) is 5.50. The van der Waals surface area contributed by atoms with Crippen molar-refractivity contribution in [2.24, 2.45) is 17.8 Å². The minimum Gasteiger partial charge on any atom is -0.493 e. The van der Waals surface area contributed by atoms with Crippen LogP contribution in [0.2, 0.25) is 0 Å². The Morgan fingerprint density at radius 2 is 1.86 bits per heavy atom. The van der Waals surface area contributed by atoms with E-state index in [1.165, 1.54) is 12.1 Å². The number of carbonyl (C=O) groups excluding carboxylic acids is 1. The summed E-state index contributed by atoms with van der Waals surface area (Å²) in [6, 6.07) is 2.92. The van der Waals surface area contributed by atoms with Crippen LogP contribution in [0, 0.1) is 29.4 Å². The molecule has 3 heterocycles. The number of methoxy groups -OCH3 is 1. The van der Waals surface area contributed by atoms with Gasteiger partial charge in [-0.05, 0) is 43.4 Å². The van der Waals surface area contributed by atoms with Gasteiger partial charge in [-0.15, -0.1) is 0 Å². The minimum atomic E-state index is -0.747. The molecule has 11 heteroatoms. The molecule has 2 saturated heterocycles. The summed E-state index contributed by atoms with van der Waals surface area (Å²) in [5.74, 6) is 0.821. The molecule has 1 aromatic heterocycles. The SMILES string of the molecule is COCc1noc(N2CCC(C3C[C@H]3CCOc3cc(F)c(CC(=O)N4CCOCC4)c(F)c3)CC2)n1. The molecule has 37 heavy (non-hydrogen) atoms. The number of benzene rings is 1. The lowest BCUT2D eigenvalue weighted by Crippen LogP contribution is -2.41. The number of morpholine rings is 1. The van der Waals surface area contributed by atoms with Gasteiger partial charge in [0.05, 0.1) is 26.2 Å². The molecule has 1 aromatic carbocycles. The van der Waals surface area contributed by atoms with Gasteiger partial charge in [0.1, 0.15) is 24.0 Å². The first kappa shape index (κ1) is 25.8. The molecule has 0 N–H and O–H groups in total. The second-order valence-corrected chi connectivity index (χ2v) is 10.1. The van der Waals surface area contributed by atoms with E-state index in [-0.39, 0.29) is 23.6 Å². The summed E-state index contributed by atoms with van der Waals surface area (Å²) in [4.78, 5) is 20.5. The summed E-state index contributed by atoms with van der Waals surface area (Å²) in [5, 5.41) is 3.93. The van der Waals surface area contributed by atoms with Crippen LogP contribution >= 0.6 is 0 Å². The van der Waals surface area contributed by atoms with Crippen LogP contribution in [0.4, 0.5) is 14.8 Å². The number of carbonyl (C=O) groups is 1. The Labute approximate surface area is 215 Å². The molecule has 202 valence electrons. The lowest BCUT2D eigenvalue weighted by Gasteiger charge is -2.30. The van der Waals surface area contributed by atoms with Gasteiger partial charge in [0, 0.05) is 51.0 Å². The molecule has 5 rings (SSSR count). The monoisotopic (exact) mass is 520 g/mol. The van der Waals surface area contributed by atoms with Crippen molar-refractivity contribution in [3.8, 4) is 5.75 Å². The largest absolute Gasteiger partial charge is 0.493 e. The Hall–Kier alpha value is -2.79.